The van der Waals surface area contributed by atoms with E-state index in [1.165, 1.54) is 5.01 Å². The van der Waals surface area contributed by atoms with Crippen LogP contribution in [0.25, 0.3) is 6.08 Å². The molecule has 7 heteroatoms. The molecule has 0 saturated heterocycles. The lowest BCUT2D eigenvalue weighted by Gasteiger charge is -2.27. The smallest absolute Gasteiger partial charge is 0.318 e. The Morgan fingerprint density at radius 1 is 0.923 bits per heavy atom. The SMILES string of the molecule is O=C(OCC(=O)N1N=C2C(=Cc3ccco3)CCCC2C1c1ccco1)C(c1ccccc1)c1ccccc1. The average molecular weight is 521 g/mol. The molecule has 0 radical (unpaired) electrons. The summed E-state index contributed by atoms with van der Waals surface area (Å²) in [4.78, 5) is 27.0. The van der Waals surface area contributed by atoms with E-state index >= 15 is 0 Å². The van der Waals surface area contributed by atoms with E-state index in [0.717, 1.165) is 47.4 Å². The van der Waals surface area contributed by atoms with Gasteiger partial charge in [0, 0.05) is 5.92 Å². The third kappa shape index (κ3) is 5.08. The van der Waals surface area contributed by atoms with Crippen LogP contribution in [0.3, 0.4) is 0 Å². The second-order valence-corrected chi connectivity index (χ2v) is 9.73. The highest BCUT2D eigenvalue weighted by atomic mass is 16.5. The van der Waals surface area contributed by atoms with Gasteiger partial charge in [-0.05, 0) is 66.3 Å². The number of nitrogens with zero attached hydrogens (tertiary/aromatic N) is 2. The van der Waals surface area contributed by atoms with Gasteiger partial charge in [-0.25, -0.2) is 5.01 Å². The van der Waals surface area contributed by atoms with Crippen LogP contribution in [0.2, 0.25) is 0 Å². The highest BCUT2D eigenvalue weighted by Gasteiger charge is 2.45. The minimum absolute atomic E-state index is 0.0212. The van der Waals surface area contributed by atoms with Crippen molar-refractivity contribution in [2.24, 2.45) is 11.0 Å². The number of hydrogen-bond acceptors (Lipinski definition) is 6. The van der Waals surface area contributed by atoms with E-state index < -0.39 is 30.4 Å². The Labute approximate surface area is 226 Å². The Morgan fingerprint density at radius 2 is 1.62 bits per heavy atom. The molecule has 0 bridgehead atoms. The molecule has 1 fully saturated rings. The van der Waals surface area contributed by atoms with Crippen LogP contribution >= 0.6 is 0 Å². The topological polar surface area (TPSA) is 85.3 Å². The first-order valence-electron chi connectivity index (χ1n) is 13.1. The number of esters is 1. The fourth-order valence-electron chi connectivity index (χ4n) is 5.53. The fourth-order valence-corrected chi connectivity index (χ4v) is 5.53. The van der Waals surface area contributed by atoms with Crippen molar-refractivity contribution in [3.8, 4) is 0 Å². The maximum atomic E-state index is 13.6. The van der Waals surface area contributed by atoms with Gasteiger partial charge in [0.15, 0.2) is 6.61 Å². The molecule has 2 unspecified atom stereocenters. The number of rotatable bonds is 7. The van der Waals surface area contributed by atoms with Gasteiger partial charge in [0.05, 0.1) is 18.2 Å². The lowest BCUT2D eigenvalue weighted by atomic mass is 9.79. The number of furan rings is 2. The van der Waals surface area contributed by atoms with Gasteiger partial charge in [0.2, 0.25) is 0 Å². The highest BCUT2D eigenvalue weighted by Crippen LogP contribution is 2.44. The number of amides is 1. The molecule has 1 aliphatic carbocycles. The Morgan fingerprint density at radius 3 is 2.26 bits per heavy atom. The molecular weight excluding hydrogens is 492 g/mol. The third-order valence-corrected chi connectivity index (χ3v) is 7.29. The summed E-state index contributed by atoms with van der Waals surface area (Å²) < 4.78 is 16.9. The summed E-state index contributed by atoms with van der Waals surface area (Å²) in [6, 6.07) is 25.9. The zero-order valence-electron chi connectivity index (χ0n) is 21.3. The molecule has 1 amide bonds. The molecule has 6 rings (SSSR count). The van der Waals surface area contributed by atoms with Crippen molar-refractivity contribution in [3.05, 3.63) is 126 Å². The second-order valence-electron chi connectivity index (χ2n) is 9.73. The Balaban J connectivity index is 1.25. The molecule has 2 atom stereocenters. The predicted molar refractivity (Wildman–Crippen MR) is 145 cm³/mol. The fraction of sp³-hybridized carbons (Fsp3) is 0.219. The van der Waals surface area contributed by atoms with E-state index in [4.69, 9.17) is 18.7 Å². The van der Waals surface area contributed by atoms with Crippen LogP contribution in [0.5, 0.6) is 0 Å². The minimum Gasteiger partial charge on any atom is -0.467 e. The van der Waals surface area contributed by atoms with E-state index in [0.29, 0.717) is 5.76 Å². The van der Waals surface area contributed by atoms with Crippen molar-refractivity contribution in [1.82, 2.24) is 5.01 Å². The highest BCUT2D eigenvalue weighted by molar-refractivity contribution is 6.08. The van der Waals surface area contributed by atoms with Crippen LogP contribution in [0, 0.1) is 5.92 Å². The molecule has 4 aromatic rings. The Hall–Kier alpha value is -4.65. The first kappa shape index (κ1) is 24.7. The first-order valence-corrected chi connectivity index (χ1v) is 13.1. The van der Waals surface area contributed by atoms with Gasteiger partial charge < -0.3 is 13.6 Å². The standard InChI is InChI=1S/C32H28N2O5/c35-28(21-39-32(36)29(22-10-3-1-4-11-22)23-12-5-2-6-13-23)34-31(27-17-9-19-38-27)26-16-7-14-24(30(26)33-34)20-25-15-8-18-37-25/h1-6,8-13,15,17-20,26,29,31H,7,14,16,21H2. The normalized spacial score (nSPS) is 19.7. The molecule has 0 N–H and O–H groups in total. The maximum absolute atomic E-state index is 13.6. The summed E-state index contributed by atoms with van der Waals surface area (Å²) in [6.45, 7) is -0.424. The molecule has 39 heavy (non-hydrogen) atoms. The Kier molecular flexibility index (Phi) is 6.95. The van der Waals surface area contributed by atoms with Crippen LogP contribution in [-0.4, -0.2) is 29.2 Å². The molecule has 0 spiro atoms. The minimum atomic E-state index is -0.642. The van der Waals surface area contributed by atoms with Crippen LogP contribution in [-0.2, 0) is 14.3 Å². The van der Waals surface area contributed by atoms with E-state index in [2.05, 4.69) is 0 Å². The molecule has 1 saturated carbocycles. The number of hydrazone groups is 1. The van der Waals surface area contributed by atoms with Crippen molar-refractivity contribution in [2.45, 2.75) is 31.2 Å². The lowest BCUT2D eigenvalue weighted by molar-refractivity contribution is -0.153. The summed E-state index contributed by atoms with van der Waals surface area (Å²) >= 11 is 0. The van der Waals surface area contributed by atoms with Gasteiger partial charge in [-0.3, -0.25) is 9.59 Å². The molecule has 1 aliphatic heterocycles. The van der Waals surface area contributed by atoms with Crippen molar-refractivity contribution in [2.75, 3.05) is 6.61 Å². The summed E-state index contributed by atoms with van der Waals surface area (Å²) in [5, 5.41) is 6.23. The van der Waals surface area contributed by atoms with Crippen molar-refractivity contribution < 1.29 is 23.2 Å². The van der Waals surface area contributed by atoms with E-state index in [1.807, 2.05) is 91.0 Å². The molecule has 7 nitrogen and oxygen atoms in total. The molecular formula is C32H28N2O5. The molecule has 3 heterocycles. The molecule has 2 aromatic heterocycles. The van der Waals surface area contributed by atoms with Gasteiger partial charge in [0.25, 0.3) is 5.91 Å². The van der Waals surface area contributed by atoms with Gasteiger partial charge in [-0.1, -0.05) is 60.7 Å². The number of allylic oxidation sites excluding steroid dienone is 1. The van der Waals surface area contributed by atoms with Crippen LogP contribution in [0.4, 0.5) is 0 Å². The summed E-state index contributed by atoms with van der Waals surface area (Å²) in [6.07, 6.45) is 7.89. The number of benzene rings is 2. The van der Waals surface area contributed by atoms with Crippen molar-refractivity contribution >= 4 is 23.7 Å². The van der Waals surface area contributed by atoms with Crippen LogP contribution < -0.4 is 0 Å². The number of hydrogen-bond donors (Lipinski definition) is 0. The summed E-state index contributed by atoms with van der Waals surface area (Å²) in [5.41, 5.74) is 3.49. The number of carbonyl (C=O) groups is 2. The largest absolute Gasteiger partial charge is 0.467 e. The predicted octanol–water partition coefficient (Wildman–Crippen LogP) is 6.37. The zero-order valence-corrected chi connectivity index (χ0v) is 21.3. The average Bonchev–Trinajstić information content (AvgIpc) is 3.75. The quantitative estimate of drug-likeness (QED) is 0.264. The van der Waals surface area contributed by atoms with Gasteiger partial charge in [-0.15, -0.1) is 0 Å². The summed E-state index contributed by atoms with van der Waals surface area (Å²) in [5.74, 6) is -0.149. The number of carbonyl (C=O) groups excluding carboxylic acids is 2. The van der Waals surface area contributed by atoms with E-state index in [1.54, 1.807) is 12.5 Å². The van der Waals surface area contributed by atoms with Gasteiger partial charge in [0.1, 0.15) is 23.5 Å². The lowest BCUT2D eigenvalue weighted by Crippen LogP contribution is -2.34. The summed E-state index contributed by atoms with van der Waals surface area (Å²) in [7, 11) is 0. The zero-order chi connectivity index (χ0) is 26.6. The van der Waals surface area contributed by atoms with Gasteiger partial charge in [-0.2, -0.15) is 5.10 Å². The molecule has 2 aromatic carbocycles. The van der Waals surface area contributed by atoms with Gasteiger partial charge >= 0.3 is 5.97 Å². The van der Waals surface area contributed by atoms with Crippen LogP contribution in [0.1, 0.15) is 53.9 Å². The van der Waals surface area contributed by atoms with Crippen LogP contribution in [0.15, 0.2) is 117 Å². The number of ether oxygens (including phenoxy) is 1. The second kappa shape index (κ2) is 11.0. The number of fused-ring (bicyclic) bond motifs is 1. The van der Waals surface area contributed by atoms with Crippen molar-refractivity contribution in [1.29, 1.82) is 0 Å². The van der Waals surface area contributed by atoms with E-state index in [9.17, 15) is 9.59 Å². The van der Waals surface area contributed by atoms with Crippen molar-refractivity contribution in [3.63, 3.8) is 0 Å². The molecule has 196 valence electrons. The van der Waals surface area contributed by atoms with E-state index in [-0.39, 0.29) is 5.92 Å². The Bertz CT molecular complexity index is 1430. The molecule has 2 aliphatic rings. The third-order valence-electron chi connectivity index (χ3n) is 7.29. The maximum Gasteiger partial charge on any atom is 0.318 e. The monoisotopic (exact) mass is 520 g/mol. The first-order chi connectivity index (χ1) is 19.2.